The predicted molar refractivity (Wildman–Crippen MR) is 75.1 cm³/mol. The third-order valence-electron chi connectivity index (χ3n) is 4.72. The van der Waals surface area contributed by atoms with Crippen LogP contribution in [0.25, 0.3) is 0 Å². The van der Waals surface area contributed by atoms with E-state index >= 15 is 0 Å². The summed E-state index contributed by atoms with van der Waals surface area (Å²) in [7, 11) is 0. The molecule has 1 aliphatic rings. The van der Waals surface area contributed by atoms with Crippen LogP contribution in [-0.4, -0.2) is 10.7 Å². The lowest BCUT2D eigenvalue weighted by Crippen LogP contribution is -2.43. The van der Waals surface area contributed by atoms with Gasteiger partial charge in [-0.25, -0.2) is 0 Å². The normalized spacial score (nSPS) is 32.6. The van der Waals surface area contributed by atoms with Gasteiger partial charge in [0.05, 0.1) is 5.60 Å². The Balaban J connectivity index is 2.31. The number of hydrogen-bond donors (Lipinski definition) is 1. The molecule has 0 aliphatic heterocycles. The van der Waals surface area contributed by atoms with Crippen molar-refractivity contribution in [1.82, 2.24) is 0 Å². The van der Waals surface area contributed by atoms with Gasteiger partial charge in [-0.3, -0.25) is 0 Å². The second-order valence-corrected chi connectivity index (χ2v) is 7.04. The van der Waals surface area contributed by atoms with Gasteiger partial charge in [0.2, 0.25) is 0 Å². The summed E-state index contributed by atoms with van der Waals surface area (Å²) in [5, 5.41) is 10.7. The summed E-state index contributed by atoms with van der Waals surface area (Å²) in [6.45, 7) is 9.17. The van der Waals surface area contributed by atoms with Gasteiger partial charge in [0.25, 0.3) is 0 Å². The van der Waals surface area contributed by atoms with E-state index in [1.54, 1.807) is 0 Å². The van der Waals surface area contributed by atoms with Crippen LogP contribution in [0, 0.1) is 11.3 Å². The van der Waals surface area contributed by atoms with Gasteiger partial charge < -0.3 is 5.11 Å². The van der Waals surface area contributed by atoms with Gasteiger partial charge in [0.1, 0.15) is 0 Å². The van der Waals surface area contributed by atoms with Crippen LogP contribution in [0.15, 0.2) is 0 Å². The fraction of sp³-hybridized carbons (Fsp3) is 1.00. The zero-order chi connectivity index (χ0) is 12.9. The number of hydrogen-bond acceptors (Lipinski definition) is 1. The van der Waals surface area contributed by atoms with E-state index in [1.807, 2.05) is 0 Å². The highest BCUT2D eigenvalue weighted by Crippen LogP contribution is 2.45. The van der Waals surface area contributed by atoms with Gasteiger partial charge in [0, 0.05) is 0 Å². The highest BCUT2D eigenvalue weighted by molar-refractivity contribution is 4.93. The van der Waals surface area contributed by atoms with Crippen molar-refractivity contribution < 1.29 is 5.11 Å². The largest absolute Gasteiger partial charge is 0.390 e. The molecule has 1 aliphatic carbocycles. The summed E-state index contributed by atoms with van der Waals surface area (Å²) < 4.78 is 0. The molecule has 1 saturated carbocycles. The van der Waals surface area contributed by atoms with Crippen LogP contribution in [0.3, 0.4) is 0 Å². The molecule has 1 nitrogen and oxygen atoms in total. The van der Waals surface area contributed by atoms with E-state index < -0.39 is 0 Å². The third kappa shape index (κ3) is 4.62. The van der Waals surface area contributed by atoms with E-state index in [2.05, 4.69) is 27.7 Å². The number of unbranched alkanes of at least 4 members (excludes halogenated alkanes) is 4. The predicted octanol–water partition coefficient (Wildman–Crippen LogP) is 4.92. The SMILES string of the molecule is CCCCCCCC1(O)CCC(C)(C)CC1C. The maximum Gasteiger partial charge on any atom is 0.0673 e. The fourth-order valence-corrected chi connectivity index (χ4v) is 3.33. The Morgan fingerprint density at radius 2 is 1.71 bits per heavy atom. The van der Waals surface area contributed by atoms with Crippen LogP contribution in [0.5, 0.6) is 0 Å². The van der Waals surface area contributed by atoms with E-state index in [-0.39, 0.29) is 5.60 Å². The van der Waals surface area contributed by atoms with Crippen molar-refractivity contribution in [3.63, 3.8) is 0 Å². The summed E-state index contributed by atoms with van der Waals surface area (Å²) in [5.41, 5.74) is 0.0790. The zero-order valence-corrected chi connectivity index (χ0v) is 12.4. The van der Waals surface area contributed by atoms with Crippen molar-refractivity contribution in [3.8, 4) is 0 Å². The summed E-state index contributed by atoms with van der Waals surface area (Å²) in [6.07, 6.45) is 10.9. The van der Waals surface area contributed by atoms with Crippen molar-refractivity contribution >= 4 is 0 Å². The van der Waals surface area contributed by atoms with Gasteiger partial charge in [-0.1, -0.05) is 59.8 Å². The van der Waals surface area contributed by atoms with E-state index in [0.29, 0.717) is 11.3 Å². The van der Waals surface area contributed by atoms with Crippen LogP contribution in [-0.2, 0) is 0 Å². The second kappa shape index (κ2) is 6.22. The Labute approximate surface area is 108 Å². The zero-order valence-electron chi connectivity index (χ0n) is 12.4. The van der Waals surface area contributed by atoms with Crippen LogP contribution in [0.4, 0.5) is 0 Å². The van der Waals surface area contributed by atoms with Crippen molar-refractivity contribution in [1.29, 1.82) is 0 Å². The summed E-state index contributed by atoms with van der Waals surface area (Å²) >= 11 is 0. The molecule has 2 unspecified atom stereocenters. The first kappa shape index (κ1) is 15.0. The molecule has 0 aromatic carbocycles. The first-order valence-corrected chi connectivity index (χ1v) is 7.62. The molecule has 0 radical (unpaired) electrons. The lowest BCUT2D eigenvalue weighted by molar-refractivity contribution is -0.0780. The Bertz CT molecular complexity index is 222. The molecule has 1 N–H and O–H groups in total. The second-order valence-electron chi connectivity index (χ2n) is 7.04. The Hall–Kier alpha value is -0.0400. The van der Waals surface area contributed by atoms with Gasteiger partial charge in [-0.15, -0.1) is 0 Å². The van der Waals surface area contributed by atoms with Crippen LogP contribution >= 0.6 is 0 Å². The third-order valence-corrected chi connectivity index (χ3v) is 4.72. The quantitative estimate of drug-likeness (QED) is 0.653. The summed E-state index contributed by atoms with van der Waals surface area (Å²) in [6, 6.07) is 0. The molecule has 1 heteroatoms. The minimum Gasteiger partial charge on any atom is -0.390 e. The van der Waals surface area contributed by atoms with Gasteiger partial charge in [-0.05, 0) is 37.0 Å². The molecule has 0 aromatic heterocycles. The molecule has 17 heavy (non-hydrogen) atoms. The molecule has 2 atom stereocenters. The number of aliphatic hydroxyl groups is 1. The molecule has 0 amide bonds. The molecule has 102 valence electrons. The molecule has 0 heterocycles. The smallest absolute Gasteiger partial charge is 0.0673 e. The van der Waals surface area contributed by atoms with Crippen molar-refractivity contribution in [2.75, 3.05) is 0 Å². The standard InChI is InChI=1S/C16H32O/c1-5-6-7-8-9-10-16(17)12-11-15(3,4)13-14(16)2/h14,17H,5-13H2,1-4H3. The summed E-state index contributed by atoms with van der Waals surface area (Å²) in [4.78, 5) is 0. The minimum absolute atomic E-state index is 0.359. The van der Waals surface area contributed by atoms with Crippen molar-refractivity contribution in [3.05, 3.63) is 0 Å². The van der Waals surface area contributed by atoms with Crippen LogP contribution in [0.2, 0.25) is 0 Å². The Kier molecular flexibility index (Phi) is 5.50. The van der Waals surface area contributed by atoms with Gasteiger partial charge in [0.15, 0.2) is 0 Å². The Morgan fingerprint density at radius 1 is 1.06 bits per heavy atom. The maximum atomic E-state index is 10.7. The average molecular weight is 240 g/mol. The molecule has 1 rings (SSSR count). The van der Waals surface area contributed by atoms with Crippen LogP contribution in [0.1, 0.15) is 85.5 Å². The topological polar surface area (TPSA) is 20.2 Å². The van der Waals surface area contributed by atoms with E-state index in [0.717, 1.165) is 12.8 Å². The van der Waals surface area contributed by atoms with Gasteiger partial charge >= 0.3 is 0 Å². The van der Waals surface area contributed by atoms with Crippen molar-refractivity contribution in [2.24, 2.45) is 11.3 Å². The molecule has 0 saturated heterocycles. The molecule has 1 fully saturated rings. The first-order chi connectivity index (χ1) is 7.90. The number of rotatable bonds is 6. The first-order valence-electron chi connectivity index (χ1n) is 7.62. The molecule has 0 aromatic rings. The minimum atomic E-state index is -0.359. The maximum absolute atomic E-state index is 10.7. The van der Waals surface area contributed by atoms with Crippen molar-refractivity contribution in [2.45, 2.75) is 91.1 Å². The molecule has 0 spiro atoms. The average Bonchev–Trinajstić information content (AvgIpc) is 2.24. The molecular formula is C16H32O. The Morgan fingerprint density at radius 3 is 2.29 bits per heavy atom. The van der Waals surface area contributed by atoms with Crippen LogP contribution < -0.4 is 0 Å². The lowest BCUT2D eigenvalue weighted by Gasteiger charge is -2.45. The van der Waals surface area contributed by atoms with E-state index in [4.69, 9.17) is 0 Å². The van der Waals surface area contributed by atoms with Gasteiger partial charge in [-0.2, -0.15) is 0 Å². The molecule has 0 bridgehead atoms. The molecular weight excluding hydrogens is 208 g/mol. The lowest BCUT2D eigenvalue weighted by atomic mass is 9.64. The fourth-order valence-electron chi connectivity index (χ4n) is 3.33. The summed E-state index contributed by atoms with van der Waals surface area (Å²) in [5.74, 6) is 0.470. The monoisotopic (exact) mass is 240 g/mol. The highest BCUT2D eigenvalue weighted by Gasteiger charge is 2.41. The van der Waals surface area contributed by atoms with E-state index in [1.165, 1.54) is 44.9 Å². The van der Waals surface area contributed by atoms with E-state index in [9.17, 15) is 5.11 Å². The highest BCUT2D eigenvalue weighted by atomic mass is 16.3.